The molecule has 1 N–H and O–H groups in total. The highest BCUT2D eigenvalue weighted by molar-refractivity contribution is 6.05. The molecule has 10 atom stereocenters. The fourth-order valence-electron chi connectivity index (χ4n) is 7.01. The van der Waals surface area contributed by atoms with Crippen molar-refractivity contribution in [3.63, 3.8) is 0 Å². The third kappa shape index (κ3) is 31.7. The first-order valence-corrected chi connectivity index (χ1v) is 26.6. The Kier molecular flexibility index (Phi) is 35.7. The number of alkyl halides is 9. The molecule has 0 aromatic heterocycles. The topological polar surface area (TPSA) is 344 Å². The van der Waals surface area contributed by atoms with E-state index in [0.29, 0.717) is 26.4 Å². The van der Waals surface area contributed by atoms with E-state index in [1.807, 2.05) is 0 Å². The van der Waals surface area contributed by atoms with Crippen LogP contribution >= 0.6 is 0 Å². The first-order chi connectivity index (χ1) is 42.0. The summed E-state index contributed by atoms with van der Waals surface area (Å²) >= 11 is 0. The van der Waals surface area contributed by atoms with Crippen LogP contribution in [0.4, 0.5) is 39.5 Å². The van der Waals surface area contributed by atoms with Gasteiger partial charge in [0.1, 0.15) is 18.3 Å². The summed E-state index contributed by atoms with van der Waals surface area (Å²) in [5.74, 6) is -7.12. The number of ether oxygens (including phenoxy) is 11. The molecular formula is C58H71F9O25. The normalized spacial score (nSPS) is 20.8. The molecule has 25 nitrogen and oxygen atoms in total. The van der Waals surface area contributed by atoms with E-state index in [-0.39, 0.29) is 76.1 Å². The van der Waals surface area contributed by atoms with E-state index in [0.717, 1.165) is 31.9 Å². The van der Waals surface area contributed by atoms with Crippen LogP contribution < -0.4 is 0 Å². The van der Waals surface area contributed by atoms with E-state index in [1.54, 1.807) is 0 Å². The number of cyclic esters (lactones) is 5. The highest BCUT2D eigenvalue weighted by Gasteiger charge is 2.63. The SMILES string of the molecule is C=C(C)C(=O)OC(C)C(F)(F)F.C=C(C)C(=O)OC(C)CC(C)(O)C(F)(F)F.C=C(C)C(=O)OC(CC)C(F)(F)F.C=C(C)C(=O)OC1CCOC1=O.C=C(C)C(=O)OCC(=O)OC1C2CC3C(=O)OC1C3C2.C=C1CC(=O)OC1=O.COC=O.O=C1C=CC(=O)O1. The van der Waals surface area contributed by atoms with Crippen LogP contribution in [-0.2, 0) is 114 Å². The van der Waals surface area contributed by atoms with Gasteiger partial charge in [-0.05, 0) is 74.7 Å². The van der Waals surface area contributed by atoms with Gasteiger partial charge in [0.15, 0.2) is 24.4 Å². The molecule has 0 spiro atoms. The Balaban J connectivity index is 0. The Morgan fingerprint density at radius 1 is 0.696 bits per heavy atom. The van der Waals surface area contributed by atoms with Crippen molar-refractivity contribution >= 4 is 78.1 Å². The molecule has 3 saturated heterocycles. The second kappa shape index (κ2) is 38.7. The van der Waals surface area contributed by atoms with Gasteiger partial charge >= 0.3 is 90.2 Å². The van der Waals surface area contributed by atoms with E-state index in [1.165, 1.54) is 55.6 Å². The lowest BCUT2D eigenvalue weighted by atomic mass is 9.88. The zero-order valence-corrected chi connectivity index (χ0v) is 51.5. The first kappa shape index (κ1) is 85.1. The third-order valence-corrected chi connectivity index (χ3v) is 11.7. The Morgan fingerprint density at radius 2 is 1.17 bits per heavy atom. The smallest absolute Gasteiger partial charge is 0.425 e. The van der Waals surface area contributed by atoms with E-state index in [2.05, 4.69) is 72.6 Å². The number of rotatable bonds is 16. The molecule has 0 amide bonds. The first-order valence-electron chi connectivity index (χ1n) is 26.6. The minimum atomic E-state index is -4.75. The number of halogens is 9. The average Bonchev–Trinajstić information content (AvgIpc) is 1.58. The van der Waals surface area contributed by atoms with Crippen LogP contribution in [0.25, 0.3) is 0 Å². The van der Waals surface area contributed by atoms with Gasteiger partial charge in [0.2, 0.25) is 6.10 Å². The summed E-state index contributed by atoms with van der Waals surface area (Å²) in [6, 6.07) is 0. The molecule has 34 heteroatoms. The summed E-state index contributed by atoms with van der Waals surface area (Å²) in [5, 5.41) is 9.13. The number of esters is 12. The number of methoxy groups -OCH3 is 1. The van der Waals surface area contributed by atoms with E-state index in [9.17, 15) is 97.0 Å². The lowest BCUT2D eigenvalue weighted by molar-refractivity contribution is -0.261. The van der Waals surface area contributed by atoms with Crippen molar-refractivity contribution in [2.45, 2.75) is 162 Å². The van der Waals surface area contributed by atoms with E-state index < -0.39 is 133 Å². The van der Waals surface area contributed by atoms with Gasteiger partial charge < -0.3 is 57.2 Å². The van der Waals surface area contributed by atoms with E-state index in [4.69, 9.17) is 28.8 Å². The number of hydrogen-bond donors (Lipinski definition) is 1. The Hall–Kier alpha value is -8.98. The number of fused-ring (bicyclic) bond motifs is 1. The minimum absolute atomic E-state index is 0.0128. The van der Waals surface area contributed by atoms with Crippen LogP contribution in [0.2, 0.25) is 0 Å². The molecule has 6 rings (SSSR count). The second-order valence-corrected chi connectivity index (χ2v) is 20.3. The fraction of sp³-hybridized carbons (Fsp3) is 0.534. The molecule has 6 aliphatic rings. The largest absolute Gasteiger partial charge is 0.471 e. The maximum atomic E-state index is 12.3. The molecule has 4 heterocycles. The van der Waals surface area contributed by atoms with Crippen molar-refractivity contribution in [1.29, 1.82) is 0 Å². The zero-order valence-electron chi connectivity index (χ0n) is 51.5. The van der Waals surface area contributed by atoms with Gasteiger partial charge in [-0.3, -0.25) is 14.4 Å². The summed E-state index contributed by atoms with van der Waals surface area (Å²) in [6.45, 7) is 31.0. The lowest BCUT2D eigenvalue weighted by Gasteiger charge is -2.28. The van der Waals surface area contributed by atoms with Crippen LogP contribution in [0.15, 0.2) is 85.1 Å². The molecule has 4 aliphatic heterocycles. The van der Waals surface area contributed by atoms with Gasteiger partial charge in [-0.1, -0.05) is 46.4 Å². The predicted molar refractivity (Wildman–Crippen MR) is 293 cm³/mol. The summed E-state index contributed by atoms with van der Waals surface area (Å²) in [4.78, 5) is 138. The van der Waals surface area contributed by atoms with Gasteiger partial charge in [0.05, 0.1) is 26.1 Å². The molecule has 2 bridgehead atoms. The molecule has 2 saturated carbocycles. The van der Waals surface area contributed by atoms with E-state index >= 15 is 0 Å². The van der Waals surface area contributed by atoms with Crippen molar-refractivity contribution in [3.8, 4) is 0 Å². The highest BCUT2D eigenvalue weighted by atomic mass is 19.4. The molecule has 0 radical (unpaired) electrons. The number of hydrogen-bond acceptors (Lipinski definition) is 25. The van der Waals surface area contributed by atoms with Gasteiger partial charge in [-0.25, -0.2) is 47.9 Å². The van der Waals surface area contributed by atoms with Gasteiger partial charge in [0, 0.05) is 70.3 Å². The van der Waals surface area contributed by atoms with Crippen molar-refractivity contribution in [2.75, 3.05) is 20.3 Å². The average molecular weight is 1340 g/mol. The van der Waals surface area contributed by atoms with Crippen LogP contribution in [-0.4, -0.2) is 164 Å². The standard InChI is InChI=1S/C14H16O6.C10H15F3O3.C8H11F3O2.C8H10O4.C7H9F3O2.C5H4O3.C4H2O3.C2H4O2/c1-6(2)13(16)18-5-10(15)19-11-7-3-8-9(4-7)14(17)20-12(8)11;1-6(2)8(14)16-7(3)5-9(4,15)10(11,12)13;1-4-6(8(9,10)11)13-7(12)5(2)3;1-5(2)7(9)12-6-3-4-11-8(6)10;1-4(2)6(11)12-5(3)7(8,9)10;1-3-2-4(6)8-5(3)7;5-3-1-2-4(6)7-3;1-4-2-3/h7-9,11-12H,1,3-5H2,2H3;7,15H,1,5H2,2-4H3;6H,2,4H2,1,3H3;6H,1,3-4H2,2H3;5H,1H2,2-3H3;1-2H2;1-2H;2H,1H3. The van der Waals surface area contributed by atoms with Crippen molar-refractivity contribution in [2.24, 2.45) is 17.8 Å². The lowest BCUT2D eigenvalue weighted by Crippen LogP contribution is -2.45. The summed E-state index contributed by atoms with van der Waals surface area (Å²) in [7, 11) is 1.31. The summed E-state index contributed by atoms with van der Waals surface area (Å²) < 4.78 is 158. The van der Waals surface area contributed by atoms with Crippen molar-refractivity contribution in [1.82, 2.24) is 0 Å². The molecular weight excluding hydrogens is 1270 g/mol. The Bertz CT molecular complexity index is 2780. The second-order valence-electron chi connectivity index (χ2n) is 20.3. The molecule has 5 fully saturated rings. The third-order valence-electron chi connectivity index (χ3n) is 11.7. The van der Waals surface area contributed by atoms with Crippen LogP contribution in [0.3, 0.4) is 0 Å². The molecule has 92 heavy (non-hydrogen) atoms. The molecule has 516 valence electrons. The number of carbonyl (C=O) groups is 13. The Morgan fingerprint density at radius 3 is 1.52 bits per heavy atom. The number of aliphatic hydroxyl groups is 1. The summed E-state index contributed by atoms with van der Waals surface area (Å²) in [6.07, 6.45) is -17.1. The molecule has 0 aromatic carbocycles. The van der Waals surface area contributed by atoms with Crippen molar-refractivity contribution in [3.05, 3.63) is 85.1 Å². The van der Waals surface area contributed by atoms with Gasteiger partial charge in [-0.2, -0.15) is 39.5 Å². The molecule has 10 unspecified atom stereocenters. The molecule has 0 aromatic rings. The number of carbonyl (C=O) groups excluding carboxylic acids is 13. The zero-order chi connectivity index (χ0) is 72.1. The predicted octanol–water partition coefficient (Wildman–Crippen LogP) is 7.15. The Labute approximate surface area is 520 Å². The minimum Gasteiger partial charge on any atom is -0.471 e. The van der Waals surface area contributed by atoms with Crippen LogP contribution in [0, 0.1) is 17.8 Å². The van der Waals surface area contributed by atoms with Gasteiger partial charge in [0.25, 0.3) is 6.47 Å². The van der Waals surface area contributed by atoms with Gasteiger partial charge in [-0.15, -0.1) is 0 Å². The monoisotopic (exact) mass is 1340 g/mol. The highest BCUT2D eigenvalue weighted by Crippen LogP contribution is 2.55. The maximum Gasteiger partial charge on any atom is 0.425 e. The van der Waals surface area contributed by atoms with Crippen LogP contribution in [0.1, 0.15) is 101 Å². The fourth-order valence-corrected chi connectivity index (χ4v) is 7.01. The van der Waals surface area contributed by atoms with Crippen molar-refractivity contribution < 1.29 is 159 Å². The van der Waals surface area contributed by atoms with Crippen LogP contribution in [0.5, 0.6) is 0 Å². The maximum absolute atomic E-state index is 12.3. The summed E-state index contributed by atoms with van der Waals surface area (Å²) in [5.41, 5.74) is -2.11. The molecule has 2 aliphatic carbocycles. The quantitative estimate of drug-likeness (QED) is 0.0400.